The van der Waals surface area contributed by atoms with Gasteiger partial charge in [-0.15, -0.1) is 5.10 Å². The maximum absolute atomic E-state index is 13.4. The van der Waals surface area contributed by atoms with Crippen LogP contribution in [0.2, 0.25) is 0 Å². The molecule has 5 aliphatic rings. The van der Waals surface area contributed by atoms with Crippen molar-refractivity contribution in [3.63, 3.8) is 0 Å². The summed E-state index contributed by atoms with van der Waals surface area (Å²) in [6.07, 6.45) is 3.03. The lowest BCUT2D eigenvalue weighted by molar-refractivity contribution is -0.420. The molecule has 2 saturated heterocycles. The molecule has 6 aromatic rings. The van der Waals surface area contributed by atoms with Crippen LogP contribution in [0.5, 0.6) is 5.75 Å². The first-order valence-corrected chi connectivity index (χ1v) is 26.2. The van der Waals surface area contributed by atoms with Crippen molar-refractivity contribution in [1.29, 1.82) is 0 Å². The lowest BCUT2D eigenvalue weighted by Gasteiger charge is -2.55. The summed E-state index contributed by atoms with van der Waals surface area (Å²) in [5.41, 5.74) is 5.67. The Balaban J connectivity index is 0.000000143. The van der Waals surface area contributed by atoms with Crippen LogP contribution < -0.4 is 20.8 Å². The summed E-state index contributed by atoms with van der Waals surface area (Å²) in [5.74, 6) is -0.234. The Hall–Kier alpha value is -6.55. The third-order valence-corrected chi connectivity index (χ3v) is 14.7. The molecule has 402 valence electrons. The number of carbonyl (C=O) groups is 2. The normalized spacial score (nSPS) is 26.6. The molecule has 2 aliphatic carbocycles. The van der Waals surface area contributed by atoms with E-state index >= 15 is 0 Å². The smallest absolute Gasteiger partial charge is 0.280 e. The van der Waals surface area contributed by atoms with Gasteiger partial charge in [-0.1, -0.05) is 105 Å². The minimum Gasteiger partial charge on any atom is -0.491 e. The molecule has 3 aliphatic heterocycles. The average molecular weight is 1040 g/mol. The highest BCUT2D eigenvalue weighted by atomic mass is 16.8. The number of nitrogens with one attached hydrogen (secondary N) is 3. The van der Waals surface area contributed by atoms with Gasteiger partial charge in [0.25, 0.3) is 11.7 Å². The second kappa shape index (κ2) is 23.4. The first-order valence-electron chi connectivity index (χ1n) is 26.2. The number of Topliss-reactive ketones (excluding diaryl/α,β-unsaturated/α-hetero) is 1. The molecule has 5 heterocycles. The number of aliphatic imine (C=N–C) groups is 1. The monoisotopic (exact) mass is 1040 g/mol. The number of likely N-dealkylation sites (N-methyl/N-ethyl adjacent to an activating group) is 2. The third kappa shape index (κ3) is 11.0. The van der Waals surface area contributed by atoms with Crippen molar-refractivity contribution in [2.45, 2.75) is 152 Å². The van der Waals surface area contributed by atoms with E-state index in [1.807, 2.05) is 67.3 Å². The van der Waals surface area contributed by atoms with E-state index in [2.05, 4.69) is 68.5 Å². The number of unbranched alkanes of at least 4 members (excludes halogenated alkanes) is 1. The number of tetrazole rings is 1. The number of ether oxygens (including phenoxy) is 4. The Morgan fingerprint density at radius 2 is 1.54 bits per heavy atom. The molecule has 0 unspecified atom stereocenters. The quantitative estimate of drug-likeness (QED) is 0.0810. The molecule has 0 radical (unpaired) electrons. The molecule has 6 N–H and O–H groups in total. The SMILES string of the molecule is CC(C)Oc1ccc2c(=O)c(-c3ccccc3)coc2c1.CCCCC1=NC2(CCCC2)C(=O)N1Cc1ccc(-c2ccccc2-c2nnn[nH]2)cc1.CN[C@@H]1[C@H](O)[C@H](NC)[C@H]2O[C@@]3(O)C(=O)C[C@@H](C)O[C@H]3O[C@@H]2[C@H]1O. The molecule has 11 rings (SSSR count). The van der Waals surface area contributed by atoms with Gasteiger partial charge in [-0.25, -0.2) is 5.10 Å². The Kier molecular flexibility index (Phi) is 16.7. The summed E-state index contributed by atoms with van der Waals surface area (Å²) in [7, 11) is 3.24. The van der Waals surface area contributed by atoms with Gasteiger partial charge in [-0.05, 0) is 98.9 Å². The number of carbonyl (C=O) groups excluding carboxylic acids is 2. The van der Waals surface area contributed by atoms with Crippen molar-refractivity contribution in [3.8, 4) is 39.4 Å². The molecule has 19 heteroatoms. The molecule has 2 aromatic heterocycles. The van der Waals surface area contributed by atoms with E-state index in [9.17, 15) is 29.7 Å². The van der Waals surface area contributed by atoms with Gasteiger partial charge in [0.15, 0.2) is 17.0 Å². The van der Waals surface area contributed by atoms with Gasteiger partial charge in [-0.3, -0.25) is 24.3 Å². The zero-order valence-electron chi connectivity index (χ0n) is 43.7. The zero-order valence-corrected chi connectivity index (χ0v) is 43.7. The molecule has 2 saturated carbocycles. The highest BCUT2D eigenvalue weighted by Gasteiger charge is 2.63. The second-order valence-corrected chi connectivity index (χ2v) is 20.3. The van der Waals surface area contributed by atoms with Crippen LogP contribution in [-0.4, -0.2) is 139 Å². The summed E-state index contributed by atoms with van der Waals surface area (Å²) in [5, 5.41) is 52.1. The fraction of sp³-hybridized carbons (Fsp3) is 0.456. The number of hydrogen-bond donors (Lipinski definition) is 6. The summed E-state index contributed by atoms with van der Waals surface area (Å²) in [4.78, 5) is 45.1. The van der Waals surface area contributed by atoms with E-state index in [0.29, 0.717) is 34.7 Å². The first-order chi connectivity index (χ1) is 36.7. The maximum Gasteiger partial charge on any atom is 0.280 e. The van der Waals surface area contributed by atoms with Crippen LogP contribution in [0.3, 0.4) is 0 Å². The van der Waals surface area contributed by atoms with Crippen LogP contribution >= 0.6 is 0 Å². The number of ketones is 1. The molecule has 4 fully saturated rings. The van der Waals surface area contributed by atoms with Crippen LogP contribution in [0, 0.1) is 0 Å². The number of benzene rings is 4. The highest BCUT2D eigenvalue weighted by molar-refractivity contribution is 6.08. The number of rotatable bonds is 12. The second-order valence-electron chi connectivity index (χ2n) is 20.3. The zero-order chi connectivity index (χ0) is 53.7. The van der Waals surface area contributed by atoms with Crippen molar-refractivity contribution in [2.24, 2.45) is 4.99 Å². The largest absolute Gasteiger partial charge is 0.491 e. The highest BCUT2D eigenvalue weighted by Crippen LogP contribution is 2.42. The Morgan fingerprint density at radius 3 is 2.21 bits per heavy atom. The fourth-order valence-electron chi connectivity index (χ4n) is 10.8. The molecule has 1 amide bonds. The molecule has 1 spiro atoms. The van der Waals surface area contributed by atoms with Crippen molar-refractivity contribution in [1.82, 2.24) is 36.2 Å². The first kappa shape index (κ1) is 54.2. The number of fused-ring (bicyclic) bond motifs is 3. The molecule has 9 atom stereocenters. The van der Waals surface area contributed by atoms with E-state index in [4.69, 9.17) is 28.4 Å². The molecule has 4 aromatic carbocycles. The van der Waals surface area contributed by atoms with Gasteiger partial charge in [0.05, 0.1) is 47.9 Å². The Bertz CT molecular complexity index is 3040. The van der Waals surface area contributed by atoms with E-state index in [0.717, 1.165) is 78.6 Å². The van der Waals surface area contributed by atoms with E-state index in [1.54, 1.807) is 39.2 Å². The molecule has 19 nitrogen and oxygen atoms in total. The van der Waals surface area contributed by atoms with Gasteiger partial charge in [-0.2, -0.15) is 0 Å². The standard InChI is InChI=1S/C25H28N6O.C18H16O3.C14H24N2O7/c1-2-3-10-22-26-25(15-6-7-16-25)24(32)31(22)17-18-11-13-19(14-12-18)20-8-4-5-9-21(20)23-27-29-30-28-23;1-12(2)21-14-8-9-15-17(10-14)20-11-16(18(15)19)13-6-4-3-5-7-13;1-5-4-6(17)14(20)13(21-5)22-12-10(19)7(15-2)9(18)8(16-3)11(12)23-14/h4-5,8-9,11-14H,2-3,6-7,10,15-17H2,1H3,(H,27,28,29,30);3-12H,1-2H3;5,7-13,15-16,18-20H,4H2,1-3H3/t;;5-,7-,8+,9+,10+,11-,12-,13+,14+/m..1/s1. The molecule has 0 bridgehead atoms. The average Bonchev–Trinajstić information content (AvgIpc) is 4.25. The number of amides is 1. The van der Waals surface area contributed by atoms with Gasteiger partial charge in [0.2, 0.25) is 6.29 Å². The molecular formula is C57H68N8O11. The van der Waals surface area contributed by atoms with Gasteiger partial charge >= 0.3 is 0 Å². The van der Waals surface area contributed by atoms with Crippen LogP contribution in [0.25, 0.3) is 44.6 Å². The number of amidine groups is 1. The van der Waals surface area contributed by atoms with Gasteiger partial charge in [0, 0.05) is 24.5 Å². The number of aromatic nitrogens is 4. The van der Waals surface area contributed by atoms with Crippen molar-refractivity contribution >= 4 is 28.5 Å². The molecular weight excluding hydrogens is 973 g/mol. The third-order valence-electron chi connectivity index (χ3n) is 14.7. The number of hydrogen-bond acceptors (Lipinski definition) is 17. The van der Waals surface area contributed by atoms with Crippen LogP contribution in [-0.2, 0) is 30.3 Å². The maximum atomic E-state index is 13.4. The van der Waals surface area contributed by atoms with E-state index in [1.165, 1.54) is 6.26 Å². The minimum absolute atomic E-state index is 0.00220. The van der Waals surface area contributed by atoms with E-state index < -0.39 is 66.0 Å². The number of aromatic amines is 1. The van der Waals surface area contributed by atoms with Gasteiger partial charge < -0.3 is 49.3 Å². The molecule has 76 heavy (non-hydrogen) atoms. The minimum atomic E-state index is -2.23. The summed E-state index contributed by atoms with van der Waals surface area (Å²) >= 11 is 0. The predicted molar refractivity (Wildman–Crippen MR) is 284 cm³/mol. The fourth-order valence-corrected chi connectivity index (χ4v) is 10.8. The topological polar surface area (TPSA) is 256 Å². The number of aliphatic hydroxyl groups is 3. The van der Waals surface area contributed by atoms with Crippen LogP contribution in [0.4, 0.5) is 0 Å². The Labute approximate surface area is 441 Å². The Morgan fingerprint density at radius 1 is 0.842 bits per heavy atom. The predicted octanol–water partition coefficient (Wildman–Crippen LogP) is 6.10. The van der Waals surface area contributed by atoms with Crippen molar-refractivity contribution in [2.75, 3.05) is 14.1 Å². The van der Waals surface area contributed by atoms with Crippen molar-refractivity contribution in [3.05, 3.63) is 119 Å². The van der Waals surface area contributed by atoms with Crippen LogP contribution in [0.1, 0.15) is 84.6 Å². The van der Waals surface area contributed by atoms with E-state index in [-0.39, 0.29) is 23.9 Å². The van der Waals surface area contributed by atoms with Crippen LogP contribution in [0.15, 0.2) is 118 Å². The summed E-state index contributed by atoms with van der Waals surface area (Å²) in [6, 6.07) is 30.0. The lowest BCUT2D eigenvalue weighted by atomic mass is 9.80. The van der Waals surface area contributed by atoms with Gasteiger partial charge in [0.1, 0.15) is 47.3 Å². The lowest BCUT2D eigenvalue weighted by Crippen LogP contribution is -2.77. The number of nitrogens with zero attached hydrogens (tertiary/aromatic N) is 5. The number of H-pyrrole nitrogens is 1. The summed E-state index contributed by atoms with van der Waals surface area (Å²) in [6.45, 7) is 8.37. The summed E-state index contributed by atoms with van der Waals surface area (Å²) < 4.78 is 28.1. The van der Waals surface area contributed by atoms with Crippen molar-refractivity contribution < 1.29 is 48.3 Å². The number of aliphatic hydroxyl groups excluding tert-OH is 2.